The fourth-order valence-corrected chi connectivity index (χ4v) is 2.74. The van der Waals surface area contributed by atoms with E-state index in [1.165, 1.54) is 17.1 Å². The van der Waals surface area contributed by atoms with Gasteiger partial charge >= 0.3 is 5.97 Å². The van der Waals surface area contributed by atoms with E-state index in [4.69, 9.17) is 14.6 Å². The van der Waals surface area contributed by atoms with Crippen LogP contribution in [0, 0.1) is 0 Å². The predicted octanol–water partition coefficient (Wildman–Crippen LogP) is 3.21. The van der Waals surface area contributed by atoms with Crippen LogP contribution in [0.3, 0.4) is 0 Å². The third-order valence-corrected chi connectivity index (χ3v) is 4.14. The number of hydrogen-bond donors (Lipinski definition) is 1. The number of benzene rings is 2. The molecule has 138 valence electrons. The summed E-state index contributed by atoms with van der Waals surface area (Å²) in [4.78, 5) is 24.1. The second-order valence-electron chi connectivity index (χ2n) is 5.82. The number of ether oxygens (including phenoxy) is 2. The van der Waals surface area contributed by atoms with E-state index in [2.05, 4.69) is 5.10 Å². The summed E-state index contributed by atoms with van der Waals surface area (Å²) in [5.74, 6) is -0.190. The number of anilines is 1. The van der Waals surface area contributed by atoms with E-state index in [0.29, 0.717) is 34.0 Å². The molecule has 0 radical (unpaired) electrons. The van der Waals surface area contributed by atoms with Crippen LogP contribution in [0.2, 0.25) is 0 Å². The lowest BCUT2D eigenvalue weighted by atomic mass is 10.1. The minimum Gasteiger partial charge on any atom is -0.497 e. The molecule has 0 spiro atoms. The van der Waals surface area contributed by atoms with Gasteiger partial charge in [0.2, 0.25) is 0 Å². The summed E-state index contributed by atoms with van der Waals surface area (Å²) in [5.41, 5.74) is 2.06. The number of hydrogen-bond acceptors (Lipinski definition) is 5. The van der Waals surface area contributed by atoms with Crippen molar-refractivity contribution in [2.45, 2.75) is 6.92 Å². The zero-order valence-corrected chi connectivity index (χ0v) is 15.1. The highest BCUT2D eigenvalue weighted by Gasteiger charge is 2.29. The van der Waals surface area contributed by atoms with Crippen molar-refractivity contribution in [1.29, 1.82) is 0 Å². The molecule has 0 saturated carbocycles. The topological polar surface area (TPSA) is 88.4 Å². The van der Waals surface area contributed by atoms with E-state index in [0.717, 1.165) is 0 Å². The van der Waals surface area contributed by atoms with Crippen molar-refractivity contribution in [1.82, 2.24) is 0 Å². The molecule has 3 rings (SSSR count). The number of carbonyl (C=O) groups is 2. The first-order valence-corrected chi connectivity index (χ1v) is 8.11. The number of rotatable bonds is 5. The van der Waals surface area contributed by atoms with Gasteiger partial charge in [-0.15, -0.1) is 0 Å². The van der Waals surface area contributed by atoms with Gasteiger partial charge in [-0.1, -0.05) is 6.07 Å². The molecule has 1 aliphatic heterocycles. The van der Waals surface area contributed by atoms with Gasteiger partial charge in [0, 0.05) is 5.56 Å². The molecule has 7 heteroatoms. The van der Waals surface area contributed by atoms with Crippen LogP contribution in [0.15, 0.2) is 53.1 Å². The van der Waals surface area contributed by atoms with Crippen molar-refractivity contribution in [2.24, 2.45) is 5.10 Å². The minimum absolute atomic E-state index is 0.0834. The van der Waals surface area contributed by atoms with Crippen LogP contribution < -0.4 is 14.5 Å². The second-order valence-corrected chi connectivity index (χ2v) is 5.82. The van der Waals surface area contributed by atoms with Gasteiger partial charge < -0.3 is 14.6 Å². The third-order valence-electron chi connectivity index (χ3n) is 4.14. The molecular weight excluding hydrogens is 348 g/mol. The van der Waals surface area contributed by atoms with Gasteiger partial charge in [-0.25, -0.2) is 4.79 Å². The lowest BCUT2D eigenvalue weighted by Gasteiger charge is -2.12. The van der Waals surface area contributed by atoms with Gasteiger partial charge in [0.25, 0.3) is 5.91 Å². The normalized spacial score (nSPS) is 15.1. The first kappa shape index (κ1) is 18.2. The van der Waals surface area contributed by atoms with E-state index in [1.807, 2.05) is 0 Å². The van der Waals surface area contributed by atoms with Gasteiger partial charge in [0.15, 0.2) is 0 Å². The monoisotopic (exact) mass is 366 g/mol. The first-order valence-electron chi connectivity index (χ1n) is 8.11. The van der Waals surface area contributed by atoms with Gasteiger partial charge in [0.1, 0.15) is 11.5 Å². The Hall–Kier alpha value is -3.61. The number of methoxy groups -OCH3 is 2. The molecule has 1 amide bonds. The fourth-order valence-electron chi connectivity index (χ4n) is 2.74. The van der Waals surface area contributed by atoms with Crippen LogP contribution in [0.25, 0.3) is 6.08 Å². The lowest BCUT2D eigenvalue weighted by molar-refractivity contribution is -0.114. The second kappa shape index (κ2) is 7.33. The number of carboxylic acids is 1. The van der Waals surface area contributed by atoms with Crippen LogP contribution in [0.1, 0.15) is 22.8 Å². The number of carboxylic acid groups (broad SMARTS) is 1. The number of nitrogens with zero attached hydrogens (tertiary/aromatic N) is 2. The van der Waals surface area contributed by atoms with Crippen LogP contribution in [0.4, 0.5) is 5.69 Å². The average molecular weight is 366 g/mol. The number of aromatic carboxylic acids is 1. The Kier molecular flexibility index (Phi) is 4.94. The Morgan fingerprint density at radius 1 is 1.15 bits per heavy atom. The molecule has 0 aliphatic carbocycles. The molecule has 0 fully saturated rings. The fraction of sp³-hybridized carbons (Fsp3) is 0.150. The van der Waals surface area contributed by atoms with Crippen molar-refractivity contribution < 1.29 is 24.2 Å². The molecule has 1 N–H and O–H groups in total. The van der Waals surface area contributed by atoms with E-state index in [9.17, 15) is 9.59 Å². The van der Waals surface area contributed by atoms with Crippen LogP contribution in [0.5, 0.6) is 11.5 Å². The predicted molar refractivity (Wildman–Crippen MR) is 102 cm³/mol. The Morgan fingerprint density at radius 3 is 2.59 bits per heavy atom. The molecule has 1 aliphatic rings. The summed E-state index contributed by atoms with van der Waals surface area (Å²) in [6.45, 7) is 1.72. The van der Waals surface area contributed by atoms with Gasteiger partial charge in [-0.3, -0.25) is 4.79 Å². The highest BCUT2D eigenvalue weighted by atomic mass is 16.5. The third kappa shape index (κ3) is 3.52. The average Bonchev–Trinajstić information content (AvgIpc) is 2.96. The van der Waals surface area contributed by atoms with Gasteiger partial charge in [-0.05, 0) is 49.4 Å². The van der Waals surface area contributed by atoms with Crippen molar-refractivity contribution in [3.8, 4) is 11.5 Å². The summed E-state index contributed by atoms with van der Waals surface area (Å²) in [7, 11) is 3.11. The molecule has 0 aromatic heterocycles. The van der Waals surface area contributed by atoms with Crippen LogP contribution in [-0.4, -0.2) is 36.9 Å². The number of hydrazone groups is 1. The smallest absolute Gasteiger partial charge is 0.335 e. The number of carbonyl (C=O) groups excluding carboxylic acids is 1. The highest BCUT2D eigenvalue weighted by Crippen LogP contribution is 2.30. The molecule has 0 unspecified atom stereocenters. The molecule has 0 atom stereocenters. The maximum Gasteiger partial charge on any atom is 0.335 e. The first-order chi connectivity index (χ1) is 12.9. The maximum absolute atomic E-state index is 12.9. The maximum atomic E-state index is 12.9. The quantitative estimate of drug-likeness (QED) is 0.821. The molecule has 2 aromatic rings. The Bertz CT molecular complexity index is 978. The number of amides is 1. The molecule has 1 heterocycles. The summed E-state index contributed by atoms with van der Waals surface area (Å²) in [6.07, 6.45) is 1.68. The van der Waals surface area contributed by atoms with Crippen molar-refractivity contribution >= 4 is 29.4 Å². The SMILES string of the molecule is COc1ccc(OC)c(/C=C2\C(=O)N(c3cccc(C(=O)O)c3)N=C2C)c1. The Labute approximate surface area is 156 Å². The Balaban J connectivity index is 2.00. The molecule has 2 aromatic carbocycles. The molecular formula is C20H18N2O5. The summed E-state index contributed by atoms with van der Waals surface area (Å²) < 4.78 is 10.6. The van der Waals surface area contributed by atoms with E-state index >= 15 is 0 Å². The standard InChI is InChI=1S/C20H18N2O5/c1-12-17(11-14-10-16(26-2)7-8-18(14)27-3)19(23)22(21-12)15-6-4-5-13(9-15)20(24)25/h4-11H,1-3H3,(H,24,25)/b17-11-. The summed E-state index contributed by atoms with van der Waals surface area (Å²) in [6, 6.07) is 11.4. The van der Waals surface area contributed by atoms with Crippen LogP contribution >= 0.6 is 0 Å². The zero-order chi connectivity index (χ0) is 19.6. The summed E-state index contributed by atoms with van der Waals surface area (Å²) >= 11 is 0. The lowest BCUT2D eigenvalue weighted by Crippen LogP contribution is -2.21. The molecule has 0 bridgehead atoms. The van der Waals surface area contributed by atoms with Crippen molar-refractivity contribution in [3.05, 3.63) is 59.2 Å². The van der Waals surface area contributed by atoms with Gasteiger partial charge in [0.05, 0.1) is 36.8 Å². The van der Waals surface area contributed by atoms with Gasteiger partial charge in [-0.2, -0.15) is 10.1 Å². The van der Waals surface area contributed by atoms with Crippen molar-refractivity contribution in [3.63, 3.8) is 0 Å². The molecule has 7 nitrogen and oxygen atoms in total. The Morgan fingerprint density at radius 2 is 1.93 bits per heavy atom. The molecule has 0 saturated heterocycles. The minimum atomic E-state index is -1.07. The zero-order valence-electron chi connectivity index (χ0n) is 15.1. The summed E-state index contributed by atoms with van der Waals surface area (Å²) in [5, 5.41) is 14.6. The van der Waals surface area contributed by atoms with Crippen molar-refractivity contribution in [2.75, 3.05) is 19.2 Å². The van der Waals surface area contributed by atoms with E-state index in [-0.39, 0.29) is 11.5 Å². The largest absolute Gasteiger partial charge is 0.497 e. The molecule has 27 heavy (non-hydrogen) atoms. The van der Waals surface area contributed by atoms with E-state index in [1.54, 1.807) is 57.6 Å². The highest BCUT2D eigenvalue weighted by molar-refractivity contribution is 6.32. The van der Waals surface area contributed by atoms with E-state index < -0.39 is 5.97 Å². The van der Waals surface area contributed by atoms with Crippen LogP contribution in [-0.2, 0) is 4.79 Å².